The lowest BCUT2D eigenvalue weighted by atomic mass is 9.64. The Morgan fingerprint density at radius 1 is 0.800 bits per heavy atom. The van der Waals surface area contributed by atoms with E-state index in [0.29, 0.717) is 0 Å². The van der Waals surface area contributed by atoms with Crippen LogP contribution in [0.15, 0.2) is 72.8 Å². The smallest absolute Gasteiger partial charge is 0.270 e. The van der Waals surface area contributed by atoms with Gasteiger partial charge in [-0.05, 0) is 35.1 Å². The Kier molecular flexibility index (Phi) is 4.21. The van der Waals surface area contributed by atoms with Gasteiger partial charge in [0.25, 0.3) is 5.69 Å². The molecule has 4 heteroatoms. The van der Waals surface area contributed by atoms with E-state index in [1.807, 2.05) is 24.3 Å². The second-order valence-corrected chi connectivity index (χ2v) is 9.03. The van der Waals surface area contributed by atoms with E-state index in [0.717, 1.165) is 37.1 Å². The maximum Gasteiger partial charge on any atom is 0.270 e. The fourth-order valence-corrected chi connectivity index (χ4v) is 5.44. The first kappa shape index (κ1) is 18.9. The molecule has 2 aliphatic heterocycles. The highest BCUT2D eigenvalue weighted by atomic mass is 16.6. The Labute approximate surface area is 177 Å². The van der Waals surface area contributed by atoms with Gasteiger partial charge < -0.3 is 4.90 Å². The molecule has 0 saturated heterocycles. The van der Waals surface area contributed by atoms with Crippen LogP contribution in [0, 0.1) is 10.1 Å². The van der Waals surface area contributed by atoms with Gasteiger partial charge in [-0.3, -0.25) is 10.1 Å². The highest BCUT2D eigenvalue weighted by molar-refractivity contribution is 5.73. The van der Waals surface area contributed by atoms with Crippen LogP contribution in [-0.4, -0.2) is 18.0 Å². The van der Waals surface area contributed by atoms with Crippen LogP contribution in [0.5, 0.6) is 0 Å². The van der Waals surface area contributed by atoms with Crippen LogP contribution in [0.3, 0.4) is 0 Å². The van der Waals surface area contributed by atoms with Crippen LogP contribution >= 0.6 is 0 Å². The summed E-state index contributed by atoms with van der Waals surface area (Å²) in [6, 6.07) is 24.6. The number of hydrogen-bond acceptors (Lipinski definition) is 3. The average Bonchev–Trinajstić information content (AvgIpc) is 2.79. The predicted molar refractivity (Wildman–Crippen MR) is 120 cm³/mol. The summed E-state index contributed by atoms with van der Waals surface area (Å²) in [7, 11) is 0. The molecule has 3 aromatic carbocycles. The topological polar surface area (TPSA) is 46.4 Å². The molecular weight excluding hydrogens is 372 g/mol. The lowest BCUT2D eigenvalue weighted by Gasteiger charge is -2.50. The van der Waals surface area contributed by atoms with Gasteiger partial charge in [0, 0.05) is 41.7 Å². The van der Waals surface area contributed by atoms with Crippen molar-refractivity contribution < 1.29 is 4.92 Å². The fraction of sp³-hybridized carbons (Fsp3) is 0.308. The molecule has 2 heterocycles. The molecular formula is C26H26N2O2. The number of nitro benzene ring substituents is 1. The summed E-state index contributed by atoms with van der Waals surface area (Å²) in [6.07, 6.45) is 1.90. The van der Waals surface area contributed by atoms with Gasteiger partial charge in [0.15, 0.2) is 0 Å². The summed E-state index contributed by atoms with van der Waals surface area (Å²) < 4.78 is 0. The number of non-ortho nitro benzene ring substituents is 1. The Balaban J connectivity index is 1.81. The van der Waals surface area contributed by atoms with Crippen LogP contribution < -0.4 is 4.90 Å². The van der Waals surface area contributed by atoms with Gasteiger partial charge >= 0.3 is 0 Å². The average molecular weight is 399 g/mol. The monoisotopic (exact) mass is 398 g/mol. The third-order valence-corrected chi connectivity index (χ3v) is 7.40. The highest BCUT2D eigenvalue weighted by Gasteiger charge is 2.45. The second kappa shape index (κ2) is 6.69. The molecule has 2 atom stereocenters. The van der Waals surface area contributed by atoms with Crippen molar-refractivity contribution in [3.05, 3.63) is 105 Å². The SMILES string of the molecule is C[C@@]1(c2ccccc2)CCN2CC[C@@](C)(c3ccccc3)c3cc([N+](=O)[O-])cc1c32. The zero-order valence-corrected chi connectivity index (χ0v) is 17.5. The maximum absolute atomic E-state index is 11.9. The van der Waals surface area contributed by atoms with Crippen molar-refractivity contribution in [1.29, 1.82) is 0 Å². The molecule has 3 aromatic rings. The third-order valence-electron chi connectivity index (χ3n) is 7.40. The Morgan fingerprint density at radius 3 is 1.63 bits per heavy atom. The zero-order valence-electron chi connectivity index (χ0n) is 17.5. The fourth-order valence-electron chi connectivity index (χ4n) is 5.44. The summed E-state index contributed by atoms with van der Waals surface area (Å²) in [5.41, 5.74) is 5.52. The van der Waals surface area contributed by atoms with E-state index in [1.165, 1.54) is 16.8 Å². The van der Waals surface area contributed by atoms with Crippen molar-refractivity contribution in [3.8, 4) is 0 Å². The number of anilines is 1. The first-order valence-electron chi connectivity index (χ1n) is 10.6. The summed E-state index contributed by atoms with van der Waals surface area (Å²) in [5.74, 6) is 0. The van der Waals surface area contributed by atoms with Crippen molar-refractivity contribution >= 4 is 11.4 Å². The summed E-state index contributed by atoms with van der Waals surface area (Å²) in [4.78, 5) is 14.2. The number of rotatable bonds is 3. The summed E-state index contributed by atoms with van der Waals surface area (Å²) in [6.45, 7) is 6.42. The van der Waals surface area contributed by atoms with Crippen LogP contribution in [0.25, 0.3) is 0 Å². The molecule has 152 valence electrons. The number of hydrogen-bond donors (Lipinski definition) is 0. The van der Waals surface area contributed by atoms with E-state index in [4.69, 9.17) is 0 Å². The number of nitrogens with zero attached hydrogens (tertiary/aromatic N) is 2. The molecule has 0 bridgehead atoms. The predicted octanol–water partition coefficient (Wildman–Crippen LogP) is 5.82. The Bertz CT molecular complexity index is 1030. The molecule has 4 nitrogen and oxygen atoms in total. The molecule has 30 heavy (non-hydrogen) atoms. The standard InChI is InChI=1S/C26H26N2O2/c1-25(19-9-5-3-6-10-19)13-15-27-16-14-26(2,20-11-7-4-8-12-20)23-18-21(28(29)30)17-22(25)24(23)27/h3-12,17-18H,13-16H2,1-2H3/t25-,26-/m0/s1. The molecule has 0 fully saturated rings. The lowest BCUT2D eigenvalue weighted by Crippen LogP contribution is -2.46. The van der Waals surface area contributed by atoms with Gasteiger partial charge in [-0.25, -0.2) is 0 Å². The first-order valence-corrected chi connectivity index (χ1v) is 10.6. The third kappa shape index (κ3) is 2.67. The van der Waals surface area contributed by atoms with Gasteiger partial charge in [0.2, 0.25) is 0 Å². The number of nitro groups is 1. The number of benzene rings is 3. The van der Waals surface area contributed by atoms with Crippen LogP contribution in [0.1, 0.15) is 48.9 Å². The lowest BCUT2D eigenvalue weighted by molar-refractivity contribution is -0.385. The van der Waals surface area contributed by atoms with Gasteiger partial charge in [-0.1, -0.05) is 74.5 Å². The molecule has 0 radical (unpaired) electrons. The minimum Gasteiger partial charge on any atom is -0.371 e. The minimum atomic E-state index is -0.247. The van der Waals surface area contributed by atoms with Crippen molar-refractivity contribution in [3.63, 3.8) is 0 Å². The van der Waals surface area contributed by atoms with E-state index in [-0.39, 0.29) is 21.4 Å². The molecule has 0 N–H and O–H groups in total. The van der Waals surface area contributed by atoms with Crippen LogP contribution in [0.2, 0.25) is 0 Å². The van der Waals surface area contributed by atoms with E-state index >= 15 is 0 Å². The molecule has 0 aliphatic carbocycles. The quantitative estimate of drug-likeness (QED) is 0.412. The largest absolute Gasteiger partial charge is 0.371 e. The van der Waals surface area contributed by atoms with E-state index < -0.39 is 0 Å². The van der Waals surface area contributed by atoms with Gasteiger partial charge in [-0.15, -0.1) is 0 Å². The van der Waals surface area contributed by atoms with Crippen molar-refractivity contribution in [2.24, 2.45) is 0 Å². The van der Waals surface area contributed by atoms with Crippen LogP contribution in [-0.2, 0) is 10.8 Å². The van der Waals surface area contributed by atoms with Gasteiger partial charge in [0.05, 0.1) is 4.92 Å². The molecule has 0 unspecified atom stereocenters. The van der Waals surface area contributed by atoms with E-state index in [2.05, 4.69) is 67.3 Å². The molecule has 5 rings (SSSR count). The molecule has 0 amide bonds. The van der Waals surface area contributed by atoms with Crippen molar-refractivity contribution in [2.45, 2.75) is 37.5 Å². The maximum atomic E-state index is 11.9. The molecule has 0 spiro atoms. The Hall–Kier alpha value is -3.14. The van der Waals surface area contributed by atoms with E-state index in [1.54, 1.807) is 0 Å². The van der Waals surface area contributed by atoms with Gasteiger partial charge in [0.1, 0.15) is 0 Å². The summed E-state index contributed by atoms with van der Waals surface area (Å²) in [5, 5.41) is 11.9. The van der Waals surface area contributed by atoms with Crippen molar-refractivity contribution in [2.75, 3.05) is 18.0 Å². The summed E-state index contributed by atoms with van der Waals surface area (Å²) >= 11 is 0. The zero-order chi connectivity index (χ0) is 20.9. The first-order chi connectivity index (χ1) is 14.4. The molecule has 2 aliphatic rings. The van der Waals surface area contributed by atoms with Gasteiger partial charge in [-0.2, -0.15) is 0 Å². The van der Waals surface area contributed by atoms with Crippen molar-refractivity contribution in [1.82, 2.24) is 0 Å². The highest BCUT2D eigenvalue weighted by Crippen LogP contribution is 2.54. The Morgan fingerprint density at radius 2 is 1.23 bits per heavy atom. The second-order valence-electron chi connectivity index (χ2n) is 9.03. The van der Waals surface area contributed by atoms with Crippen LogP contribution in [0.4, 0.5) is 11.4 Å². The minimum absolute atomic E-state index is 0.191. The molecule has 0 aromatic heterocycles. The molecule has 0 saturated carbocycles. The normalized spacial score (nSPS) is 24.9. The van der Waals surface area contributed by atoms with E-state index in [9.17, 15) is 10.1 Å².